The third kappa shape index (κ3) is 3.63. The second kappa shape index (κ2) is 7.84. The third-order valence-corrected chi connectivity index (χ3v) is 4.82. The van der Waals surface area contributed by atoms with Gasteiger partial charge in [0.15, 0.2) is 11.6 Å². The number of hydrogen-bond acceptors (Lipinski definition) is 2. The van der Waals surface area contributed by atoms with Crippen LogP contribution in [-0.2, 0) is 6.42 Å². The lowest BCUT2D eigenvalue weighted by Gasteiger charge is -2.21. The van der Waals surface area contributed by atoms with Gasteiger partial charge in [-0.1, -0.05) is 0 Å². The summed E-state index contributed by atoms with van der Waals surface area (Å²) < 4.78 is 41.4. The van der Waals surface area contributed by atoms with E-state index < -0.39 is 17.5 Å². The summed E-state index contributed by atoms with van der Waals surface area (Å²) in [6.07, 6.45) is 6.96. The van der Waals surface area contributed by atoms with Crippen molar-refractivity contribution >= 4 is 11.3 Å². The van der Waals surface area contributed by atoms with Crippen molar-refractivity contribution in [1.29, 1.82) is 0 Å². The topological polar surface area (TPSA) is 41.0 Å². The zero-order chi connectivity index (χ0) is 19.5. The molecule has 3 heterocycles. The first-order valence-corrected chi connectivity index (χ1v) is 9.08. The SMILES string of the molecule is Fc1cc(F)c(CC(=C2CCCN=C2c2cccnc2)c2ccc[nH]2)cc1F. The Kier molecular flexibility index (Phi) is 5.10. The van der Waals surface area contributed by atoms with Crippen molar-refractivity contribution in [1.82, 2.24) is 9.97 Å². The smallest absolute Gasteiger partial charge is 0.161 e. The molecule has 1 N–H and O–H groups in total. The lowest BCUT2D eigenvalue weighted by Crippen LogP contribution is -2.15. The lowest BCUT2D eigenvalue weighted by molar-refractivity contribution is 0.491. The van der Waals surface area contributed by atoms with Crippen LogP contribution in [0.4, 0.5) is 13.2 Å². The summed E-state index contributed by atoms with van der Waals surface area (Å²) in [6, 6.07) is 9.03. The number of aromatic amines is 1. The number of aromatic nitrogens is 2. The van der Waals surface area contributed by atoms with E-state index in [1.165, 1.54) is 0 Å². The molecule has 28 heavy (non-hydrogen) atoms. The maximum atomic E-state index is 14.3. The second-order valence-corrected chi connectivity index (χ2v) is 6.65. The Labute approximate surface area is 160 Å². The highest BCUT2D eigenvalue weighted by molar-refractivity contribution is 6.16. The van der Waals surface area contributed by atoms with Crippen molar-refractivity contribution in [3.63, 3.8) is 0 Å². The first-order valence-electron chi connectivity index (χ1n) is 9.08. The van der Waals surface area contributed by atoms with Crippen molar-refractivity contribution in [2.75, 3.05) is 6.54 Å². The van der Waals surface area contributed by atoms with Crippen molar-refractivity contribution in [2.24, 2.45) is 4.99 Å². The van der Waals surface area contributed by atoms with E-state index >= 15 is 0 Å². The molecule has 142 valence electrons. The van der Waals surface area contributed by atoms with Gasteiger partial charge in [0, 0.05) is 48.9 Å². The van der Waals surface area contributed by atoms with Crippen LogP contribution in [-0.4, -0.2) is 22.2 Å². The summed E-state index contributed by atoms with van der Waals surface area (Å²) in [5, 5.41) is 0. The Balaban J connectivity index is 1.85. The molecule has 0 radical (unpaired) electrons. The maximum absolute atomic E-state index is 14.3. The summed E-state index contributed by atoms with van der Waals surface area (Å²) in [4.78, 5) is 12.0. The van der Waals surface area contributed by atoms with E-state index in [4.69, 9.17) is 0 Å². The van der Waals surface area contributed by atoms with Crippen molar-refractivity contribution in [3.05, 3.63) is 94.8 Å². The van der Waals surface area contributed by atoms with Gasteiger partial charge in [0.2, 0.25) is 0 Å². The van der Waals surface area contributed by atoms with Gasteiger partial charge in [0.25, 0.3) is 0 Å². The highest BCUT2D eigenvalue weighted by Crippen LogP contribution is 2.31. The van der Waals surface area contributed by atoms with E-state index in [9.17, 15) is 13.2 Å². The van der Waals surface area contributed by atoms with E-state index in [1.807, 2.05) is 24.3 Å². The van der Waals surface area contributed by atoms with Gasteiger partial charge in [-0.25, -0.2) is 13.2 Å². The molecule has 0 fully saturated rings. The summed E-state index contributed by atoms with van der Waals surface area (Å²) in [6.45, 7) is 0.700. The summed E-state index contributed by atoms with van der Waals surface area (Å²) in [5.74, 6) is -3.01. The number of pyridine rings is 1. The van der Waals surface area contributed by atoms with Crippen LogP contribution in [0.15, 0.2) is 65.6 Å². The standard InChI is InChI=1S/C22H18F3N3/c23-18-12-20(25)19(24)11-15(18)10-17(21-6-3-8-27-21)16-5-2-9-28-22(16)14-4-1-7-26-13-14/h1,3-4,6-8,11-13,27H,2,5,9-10H2. The molecule has 0 bridgehead atoms. The van der Waals surface area contributed by atoms with E-state index in [-0.39, 0.29) is 12.0 Å². The Morgan fingerprint density at radius 1 is 1.04 bits per heavy atom. The van der Waals surface area contributed by atoms with Crippen LogP contribution < -0.4 is 0 Å². The van der Waals surface area contributed by atoms with Gasteiger partial charge in [0.1, 0.15) is 5.82 Å². The molecule has 3 nitrogen and oxygen atoms in total. The fourth-order valence-corrected chi connectivity index (χ4v) is 3.49. The van der Waals surface area contributed by atoms with Crippen molar-refractivity contribution < 1.29 is 13.2 Å². The molecule has 0 unspecified atom stereocenters. The Morgan fingerprint density at radius 3 is 2.64 bits per heavy atom. The molecule has 0 saturated carbocycles. The minimum absolute atomic E-state index is 0.104. The molecule has 3 aromatic rings. The number of H-pyrrole nitrogens is 1. The average molecular weight is 381 g/mol. The Hall–Kier alpha value is -3.15. The average Bonchev–Trinajstić information content (AvgIpc) is 3.25. The van der Waals surface area contributed by atoms with Gasteiger partial charge in [-0.05, 0) is 59.9 Å². The first kappa shape index (κ1) is 18.2. The third-order valence-electron chi connectivity index (χ3n) is 4.82. The molecule has 0 aliphatic carbocycles. The van der Waals surface area contributed by atoms with Crippen molar-refractivity contribution in [3.8, 4) is 0 Å². The number of benzene rings is 1. The number of nitrogens with one attached hydrogen (secondary N) is 1. The van der Waals surface area contributed by atoms with E-state index in [2.05, 4.69) is 15.0 Å². The van der Waals surface area contributed by atoms with E-state index in [0.717, 1.165) is 47.0 Å². The molecule has 0 atom stereocenters. The minimum Gasteiger partial charge on any atom is -0.361 e. The van der Waals surface area contributed by atoms with Crippen LogP contribution in [0.1, 0.15) is 29.7 Å². The molecule has 0 spiro atoms. The van der Waals surface area contributed by atoms with Gasteiger partial charge < -0.3 is 4.98 Å². The van der Waals surface area contributed by atoms with Crippen LogP contribution in [0.3, 0.4) is 0 Å². The molecule has 0 amide bonds. The van der Waals surface area contributed by atoms with Gasteiger partial charge in [-0.15, -0.1) is 0 Å². The number of rotatable bonds is 4. The van der Waals surface area contributed by atoms with E-state index in [0.29, 0.717) is 12.6 Å². The van der Waals surface area contributed by atoms with Crippen LogP contribution in [0.5, 0.6) is 0 Å². The van der Waals surface area contributed by atoms with Crippen LogP contribution in [0.2, 0.25) is 0 Å². The zero-order valence-electron chi connectivity index (χ0n) is 15.1. The molecule has 2 aromatic heterocycles. The predicted molar refractivity (Wildman–Crippen MR) is 103 cm³/mol. The van der Waals surface area contributed by atoms with Crippen LogP contribution in [0.25, 0.3) is 5.57 Å². The highest BCUT2D eigenvalue weighted by atomic mass is 19.2. The summed E-state index contributed by atoms with van der Waals surface area (Å²) >= 11 is 0. The molecule has 1 aliphatic rings. The summed E-state index contributed by atoms with van der Waals surface area (Å²) in [5.41, 5.74) is 4.38. The van der Waals surface area contributed by atoms with Gasteiger partial charge in [-0.2, -0.15) is 0 Å². The number of hydrogen-bond donors (Lipinski definition) is 1. The second-order valence-electron chi connectivity index (χ2n) is 6.65. The molecular weight excluding hydrogens is 363 g/mol. The summed E-state index contributed by atoms with van der Waals surface area (Å²) in [7, 11) is 0. The predicted octanol–water partition coefficient (Wildman–Crippen LogP) is 5.11. The minimum atomic E-state index is -1.19. The first-order chi connectivity index (χ1) is 13.6. The van der Waals surface area contributed by atoms with Gasteiger partial charge >= 0.3 is 0 Å². The highest BCUT2D eigenvalue weighted by Gasteiger charge is 2.22. The normalized spacial score (nSPS) is 16.0. The largest absolute Gasteiger partial charge is 0.361 e. The molecule has 6 heteroatoms. The number of allylic oxidation sites excluding steroid dienone is 2. The van der Waals surface area contributed by atoms with Crippen LogP contribution in [0, 0.1) is 17.5 Å². The molecule has 1 aliphatic heterocycles. The zero-order valence-corrected chi connectivity index (χ0v) is 15.1. The Morgan fingerprint density at radius 2 is 1.89 bits per heavy atom. The lowest BCUT2D eigenvalue weighted by atomic mass is 9.88. The van der Waals surface area contributed by atoms with Gasteiger partial charge in [0.05, 0.1) is 5.71 Å². The Bertz CT molecular complexity index is 1040. The maximum Gasteiger partial charge on any atom is 0.161 e. The molecular formula is C22H18F3N3. The molecule has 0 saturated heterocycles. The molecule has 4 rings (SSSR count). The fraction of sp³-hybridized carbons (Fsp3) is 0.182. The van der Waals surface area contributed by atoms with Crippen LogP contribution >= 0.6 is 0 Å². The monoisotopic (exact) mass is 381 g/mol. The van der Waals surface area contributed by atoms with Crippen molar-refractivity contribution in [2.45, 2.75) is 19.3 Å². The number of nitrogens with zero attached hydrogens (tertiary/aromatic N) is 2. The number of halogens is 3. The molecule has 1 aromatic carbocycles. The van der Waals surface area contributed by atoms with Gasteiger partial charge in [-0.3, -0.25) is 9.98 Å². The fourth-order valence-electron chi connectivity index (χ4n) is 3.49. The van der Waals surface area contributed by atoms with E-state index in [1.54, 1.807) is 18.6 Å². The number of aliphatic imine (C=N–C) groups is 1. The quantitative estimate of drug-likeness (QED) is 0.627.